The van der Waals surface area contributed by atoms with Gasteiger partial charge in [-0.2, -0.15) is 0 Å². The summed E-state index contributed by atoms with van der Waals surface area (Å²) in [5.74, 6) is 0.534. The molecule has 2 unspecified atom stereocenters. The van der Waals surface area contributed by atoms with Gasteiger partial charge in [-0.1, -0.05) is 30.7 Å². The third kappa shape index (κ3) is 8.19. The average Bonchev–Trinajstić information content (AvgIpc) is 2.44. The molecule has 0 saturated heterocycles. The molecule has 19 heavy (non-hydrogen) atoms. The zero-order valence-corrected chi connectivity index (χ0v) is 12.4. The van der Waals surface area contributed by atoms with Crippen LogP contribution >= 0.6 is 0 Å². The van der Waals surface area contributed by atoms with E-state index in [0.717, 1.165) is 25.7 Å². The SMILES string of the molecule is C/C=C\C=C(/CC)C(CCCO)CC(CO)CCO. The molecule has 0 aromatic carbocycles. The van der Waals surface area contributed by atoms with Gasteiger partial charge in [0.1, 0.15) is 0 Å². The van der Waals surface area contributed by atoms with Gasteiger partial charge in [-0.15, -0.1) is 0 Å². The van der Waals surface area contributed by atoms with E-state index in [4.69, 9.17) is 10.2 Å². The second-order valence-corrected chi connectivity index (χ2v) is 4.98. The lowest BCUT2D eigenvalue weighted by atomic mass is 9.83. The fourth-order valence-corrected chi connectivity index (χ4v) is 2.42. The van der Waals surface area contributed by atoms with Gasteiger partial charge in [0.25, 0.3) is 0 Å². The molecule has 0 radical (unpaired) electrons. The molecular weight excluding hydrogens is 240 g/mol. The molecule has 3 nitrogen and oxygen atoms in total. The molecule has 3 heteroatoms. The molecule has 0 aliphatic carbocycles. The minimum absolute atomic E-state index is 0.122. The third-order valence-corrected chi connectivity index (χ3v) is 3.56. The first-order chi connectivity index (χ1) is 9.23. The second-order valence-electron chi connectivity index (χ2n) is 4.98. The molecule has 0 spiro atoms. The minimum atomic E-state index is 0.122. The maximum absolute atomic E-state index is 9.37. The molecule has 0 bridgehead atoms. The van der Waals surface area contributed by atoms with Crippen molar-refractivity contribution in [2.24, 2.45) is 11.8 Å². The minimum Gasteiger partial charge on any atom is -0.396 e. The summed E-state index contributed by atoms with van der Waals surface area (Å²) in [5.41, 5.74) is 1.36. The lowest BCUT2D eigenvalue weighted by Gasteiger charge is -2.24. The highest BCUT2D eigenvalue weighted by molar-refractivity contribution is 5.15. The number of allylic oxidation sites excluding steroid dienone is 4. The summed E-state index contributed by atoms with van der Waals surface area (Å²) >= 11 is 0. The summed E-state index contributed by atoms with van der Waals surface area (Å²) in [6.45, 7) is 4.59. The molecule has 0 aromatic heterocycles. The molecule has 0 aromatic rings. The molecule has 3 N–H and O–H groups in total. The summed E-state index contributed by atoms with van der Waals surface area (Å²) in [5, 5.41) is 27.4. The van der Waals surface area contributed by atoms with Gasteiger partial charge < -0.3 is 15.3 Å². The van der Waals surface area contributed by atoms with Gasteiger partial charge in [0.15, 0.2) is 0 Å². The number of aliphatic hydroxyl groups excluding tert-OH is 3. The normalized spacial score (nSPS) is 15.9. The molecular formula is C16H30O3. The Morgan fingerprint density at radius 3 is 2.32 bits per heavy atom. The van der Waals surface area contributed by atoms with Gasteiger partial charge in [-0.3, -0.25) is 0 Å². The smallest absolute Gasteiger partial charge is 0.0460 e. The largest absolute Gasteiger partial charge is 0.396 e. The maximum atomic E-state index is 9.37. The Labute approximate surface area is 117 Å². The summed E-state index contributed by atoms with van der Waals surface area (Å²) in [6, 6.07) is 0. The van der Waals surface area contributed by atoms with Gasteiger partial charge in [0.2, 0.25) is 0 Å². The summed E-state index contributed by atoms with van der Waals surface area (Å²) < 4.78 is 0. The van der Waals surface area contributed by atoms with Gasteiger partial charge in [0, 0.05) is 19.8 Å². The first kappa shape index (κ1) is 18.4. The van der Waals surface area contributed by atoms with E-state index < -0.39 is 0 Å². The summed E-state index contributed by atoms with van der Waals surface area (Å²) in [4.78, 5) is 0. The van der Waals surface area contributed by atoms with Crippen LogP contribution in [0.2, 0.25) is 0 Å². The van der Waals surface area contributed by atoms with Crippen LogP contribution in [0, 0.1) is 11.8 Å². The lowest BCUT2D eigenvalue weighted by molar-refractivity contribution is 0.162. The van der Waals surface area contributed by atoms with Gasteiger partial charge in [-0.25, -0.2) is 0 Å². The predicted octanol–water partition coefficient (Wildman–Crippen LogP) is 2.67. The number of aliphatic hydroxyl groups is 3. The fraction of sp³-hybridized carbons (Fsp3) is 0.750. The average molecular weight is 270 g/mol. The van der Waals surface area contributed by atoms with E-state index in [-0.39, 0.29) is 25.7 Å². The molecule has 0 rings (SSSR count). The Balaban J connectivity index is 4.74. The first-order valence-corrected chi connectivity index (χ1v) is 7.37. The van der Waals surface area contributed by atoms with Crippen molar-refractivity contribution in [2.75, 3.05) is 19.8 Å². The zero-order valence-electron chi connectivity index (χ0n) is 12.4. The zero-order chi connectivity index (χ0) is 14.5. The van der Waals surface area contributed by atoms with Gasteiger partial charge in [-0.05, 0) is 50.9 Å². The molecule has 112 valence electrons. The molecule has 0 aliphatic heterocycles. The highest BCUT2D eigenvalue weighted by atomic mass is 16.3. The lowest BCUT2D eigenvalue weighted by Crippen LogP contribution is -2.16. The molecule has 2 atom stereocenters. The van der Waals surface area contributed by atoms with E-state index in [1.54, 1.807) is 0 Å². The van der Waals surface area contributed by atoms with E-state index in [9.17, 15) is 5.11 Å². The first-order valence-electron chi connectivity index (χ1n) is 7.37. The van der Waals surface area contributed by atoms with Crippen molar-refractivity contribution in [3.8, 4) is 0 Å². The Kier molecular flexibility index (Phi) is 12.0. The van der Waals surface area contributed by atoms with Crippen molar-refractivity contribution in [1.82, 2.24) is 0 Å². The Morgan fingerprint density at radius 2 is 1.84 bits per heavy atom. The number of rotatable bonds is 11. The topological polar surface area (TPSA) is 60.7 Å². The molecule has 0 saturated carbocycles. The van der Waals surface area contributed by atoms with Crippen molar-refractivity contribution < 1.29 is 15.3 Å². The van der Waals surface area contributed by atoms with Crippen LogP contribution in [0.3, 0.4) is 0 Å². The van der Waals surface area contributed by atoms with Crippen molar-refractivity contribution in [3.05, 3.63) is 23.8 Å². The molecule has 0 fully saturated rings. The van der Waals surface area contributed by atoms with Crippen molar-refractivity contribution in [1.29, 1.82) is 0 Å². The molecule has 0 amide bonds. The Morgan fingerprint density at radius 1 is 1.11 bits per heavy atom. The quantitative estimate of drug-likeness (QED) is 0.506. The van der Waals surface area contributed by atoms with Crippen LogP contribution < -0.4 is 0 Å². The number of hydrogen-bond donors (Lipinski definition) is 3. The monoisotopic (exact) mass is 270 g/mol. The van der Waals surface area contributed by atoms with Gasteiger partial charge >= 0.3 is 0 Å². The van der Waals surface area contributed by atoms with E-state index in [2.05, 4.69) is 13.0 Å². The highest BCUT2D eigenvalue weighted by Gasteiger charge is 2.18. The van der Waals surface area contributed by atoms with Crippen LogP contribution in [0.4, 0.5) is 0 Å². The number of hydrogen-bond acceptors (Lipinski definition) is 3. The standard InChI is InChI=1S/C16H30O3/c1-3-5-7-15(4-2)16(8-6-10-17)12-14(13-19)9-11-18/h3,5,7,14,16-19H,4,6,8-13H2,1-2H3/b5-3-,15-7+. The Hall–Kier alpha value is -0.640. The van der Waals surface area contributed by atoms with Crippen LogP contribution in [-0.4, -0.2) is 35.1 Å². The van der Waals surface area contributed by atoms with E-state index in [1.165, 1.54) is 5.57 Å². The highest BCUT2D eigenvalue weighted by Crippen LogP contribution is 2.28. The molecule has 0 heterocycles. The van der Waals surface area contributed by atoms with Crippen LogP contribution in [0.25, 0.3) is 0 Å². The molecule has 0 aliphatic rings. The predicted molar refractivity (Wildman–Crippen MR) is 79.9 cm³/mol. The third-order valence-electron chi connectivity index (χ3n) is 3.56. The van der Waals surface area contributed by atoms with Crippen LogP contribution in [0.15, 0.2) is 23.8 Å². The van der Waals surface area contributed by atoms with E-state index in [1.807, 2.05) is 19.1 Å². The summed E-state index contributed by atoms with van der Waals surface area (Å²) in [7, 11) is 0. The van der Waals surface area contributed by atoms with Crippen LogP contribution in [-0.2, 0) is 0 Å². The van der Waals surface area contributed by atoms with Crippen LogP contribution in [0.1, 0.15) is 46.0 Å². The van der Waals surface area contributed by atoms with Crippen LogP contribution in [0.5, 0.6) is 0 Å². The van der Waals surface area contributed by atoms with Gasteiger partial charge in [0.05, 0.1) is 0 Å². The van der Waals surface area contributed by atoms with Crippen molar-refractivity contribution in [3.63, 3.8) is 0 Å². The van der Waals surface area contributed by atoms with E-state index in [0.29, 0.717) is 12.3 Å². The fourth-order valence-electron chi connectivity index (χ4n) is 2.42. The second kappa shape index (κ2) is 12.4. The summed E-state index contributed by atoms with van der Waals surface area (Å²) in [6.07, 6.45) is 10.4. The van der Waals surface area contributed by atoms with E-state index >= 15 is 0 Å². The van der Waals surface area contributed by atoms with Crippen molar-refractivity contribution >= 4 is 0 Å². The Bertz CT molecular complexity index is 259. The maximum Gasteiger partial charge on any atom is 0.0460 e. The van der Waals surface area contributed by atoms with Crippen molar-refractivity contribution in [2.45, 2.75) is 46.0 Å².